The van der Waals surface area contributed by atoms with Gasteiger partial charge in [0.15, 0.2) is 0 Å². The van der Waals surface area contributed by atoms with E-state index in [2.05, 4.69) is 0 Å². The molecule has 0 radical (unpaired) electrons. The third kappa shape index (κ3) is 4.47. The van der Waals surface area contributed by atoms with E-state index in [0.29, 0.717) is 16.1 Å². The molecular weight excluding hydrogens is 458 g/mol. The second kappa shape index (κ2) is 9.14. The van der Waals surface area contributed by atoms with Crippen LogP contribution in [0.2, 0.25) is 5.02 Å². The van der Waals surface area contributed by atoms with Crippen molar-refractivity contribution in [3.8, 4) is 0 Å². The molecule has 170 valence electrons. The Morgan fingerprint density at radius 1 is 0.970 bits per heavy atom. The molecule has 0 aromatic heterocycles. The van der Waals surface area contributed by atoms with Crippen LogP contribution in [0.4, 0.5) is 0 Å². The number of hydrogen-bond donors (Lipinski definition) is 1. The van der Waals surface area contributed by atoms with Crippen LogP contribution in [0.5, 0.6) is 0 Å². The number of carboxylic acid groups (broad SMARTS) is 1. The molecule has 0 saturated heterocycles. The highest BCUT2D eigenvalue weighted by molar-refractivity contribution is 7.89. The Balaban J connectivity index is 2.00. The van der Waals surface area contributed by atoms with Crippen molar-refractivity contribution in [3.05, 3.63) is 112 Å². The van der Waals surface area contributed by atoms with Gasteiger partial charge in [-0.3, -0.25) is 0 Å². The molecule has 1 N–H and O–H groups in total. The number of benzene rings is 3. The maximum Gasteiger partial charge on any atom is 0.333 e. The van der Waals surface area contributed by atoms with Gasteiger partial charge in [0.1, 0.15) is 0 Å². The molecule has 1 aliphatic heterocycles. The molecule has 0 fully saturated rings. The SMILES string of the molecule is Cc1ccc([C@@H]2CC=C(C(=O)O)[C@H](c3cccc(Cl)c3)N2S(=O)(=O)c2ccccc2C)cc1. The third-order valence-electron chi connectivity index (χ3n) is 5.94. The highest BCUT2D eigenvalue weighted by atomic mass is 35.5. The standard InChI is InChI=1S/C26H24ClNO4S/c1-17-10-12-19(13-11-17)23-15-14-22(26(29)30)25(20-7-5-8-21(27)16-20)28(23)33(31,32)24-9-4-3-6-18(24)2/h3-14,16,23,25H,15H2,1-2H3,(H,29,30)/t23-,25-/m0/s1. The first kappa shape index (κ1) is 23.2. The molecule has 0 unspecified atom stereocenters. The van der Waals surface area contributed by atoms with Gasteiger partial charge in [0.2, 0.25) is 10.0 Å². The van der Waals surface area contributed by atoms with Crippen molar-refractivity contribution >= 4 is 27.6 Å². The highest BCUT2D eigenvalue weighted by Crippen LogP contribution is 2.46. The summed E-state index contributed by atoms with van der Waals surface area (Å²) < 4.78 is 29.7. The third-order valence-corrected chi connectivity index (χ3v) is 8.21. The minimum atomic E-state index is -4.09. The summed E-state index contributed by atoms with van der Waals surface area (Å²) in [6.07, 6.45) is 1.87. The van der Waals surface area contributed by atoms with Crippen LogP contribution in [-0.2, 0) is 14.8 Å². The number of sulfonamides is 1. The number of carboxylic acids is 1. The average Bonchev–Trinajstić information content (AvgIpc) is 2.78. The summed E-state index contributed by atoms with van der Waals surface area (Å²) in [5.41, 5.74) is 2.96. The highest BCUT2D eigenvalue weighted by Gasteiger charge is 2.44. The van der Waals surface area contributed by atoms with Gasteiger partial charge >= 0.3 is 5.97 Å². The Morgan fingerprint density at radius 2 is 1.67 bits per heavy atom. The number of aryl methyl sites for hydroxylation is 2. The van der Waals surface area contributed by atoms with Crippen LogP contribution in [0.15, 0.2) is 89.3 Å². The van der Waals surface area contributed by atoms with E-state index in [4.69, 9.17) is 11.6 Å². The van der Waals surface area contributed by atoms with E-state index in [1.807, 2.05) is 31.2 Å². The first-order chi connectivity index (χ1) is 15.7. The predicted molar refractivity (Wildman–Crippen MR) is 129 cm³/mol. The summed E-state index contributed by atoms with van der Waals surface area (Å²) in [6, 6.07) is 19.5. The van der Waals surface area contributed by atoms with Crippen LogP contribution < -0.4 is 0 Å². The minimum absolute atomic E-state index is 0.0118. The zero-order valence-electron chi connectivity index (χ0n) is 18.3. The first-order valence-corrected chi connectivity index (χ1v) is 12.4. The monoisotopic (exact) mass is 481 g/mol. The summed E-state index contributed by atoms with van der Waals surface area (Å²) in [5, 5.41) is 10.4. The van der Waals surface area contributed by atoms with Crippen LogP contribution in [-0.4, -0.2) is 23.8 Å². The fourth-order valence-electron chi connectivity index (χ4n) is 4.32. The maximum atomic E-state index is 14.2. The number of halogens is 1. The van der Waals surface area contributed by atoms with Crippen molar-refractivity contribution in [2.45, 2.75) is 37.2 Å². The normalized spacial score (nSPS) is 19.2. The number of aliphatic carboxylic acids is 1. The van der Waals surface area contributed by atoms with Crippen LogP contribution in [0.25, 0.3) is 0 Å². The zero-order chi connectivity index (χ0) is 23.8. The van der Waals surface area contributed by atoms with Crippen LogP contribution in [0, 0.1) is 13.8 Å². The maximum absolute atomic E-state index is 14.2. The molecule has 3 aromatic rings. The number of carbonyl (C=O) groups is 1. The van der Waals surface area contributed by atoms with Gasteiger partial charge in [-0.2, -0.15) is 4.31 Å². The van der Waals surface area contributed by atoms with Crippen molar-refractivity contribution in [2.75, 3.05) is 0 Å². The molecule has 0 bridgehead atoms. The van der Waals surface area contributed by atoms with Gasteiger partial charge in [-0.05, 0) is 55.2 Å². The van der Waals surface area contributed by atoms with Gasteiger partial charge in [-0.25, -0.2) is 13.2 Å². The molecule has 4 rings (SSSR count). The predicted octanol–water partition coefficient (Wildman–Crippen LogP) is 5.84. The molecule has 1 aliphatic rings. The lowest BCUT2D eigenvalue weighted by atomic mass is 9.89. The molecule has 0 saturated carbocycles. The molecule has 7 heteroatoms. The lowest BCUT2D eigenvalue weighted by Crippen LogP contribution is -2.42. The van der Waals surface area contributed by atoms with Crippen molar-refractivity contribution < 1.29 is 18.3 Å². The fourth-order valence-corrected chi connectivity index (χ4v) is 6.52. The molecule has 0 aliphatic carbocycles. The van der Waals surface area contributed by atoms with Gasteiger partial charge in [0.25, 0.3) is 0 Å². The van der Waals surface area contributed by atoms with E-state index in [9.17, 15) is 18.3 Å². The van der Waals surface area contributed by atoms with Gasteiger partial charge < -0.3 is 5.11 Å². The molecule has 5 nitrogen and oxygen atoms in total. The van der Waals surface area contributed by atoms with Gasteiger partial charge in [-0.1, -0.05) is 77.8 Å². The Morgan fingerprint density at radius 3 is 2.30 bits per heavy atom. The largest absolute Gasteiger partial charge is 0.478 e. The summed E-state index contributed by atoms with van der Waals surface area (Å²) in [6.45, 7) is 3.70. The Kier molecular flexibility index (Phi) is 6.43. The quantitative estimate of drug-likeness (QED) is 0.496. The fraction of sp³-hybridized carbons (Fsp3) is 0.192. The summed E-state index contributed by atoms with van der Waals surface area (Å²) in [5.74, 6) is -1.16. The molecule has 0 spiro atoms. The Labute approximate surface area is 199 Å². The first-order valence-electron chi connectivity index (χ1n) is 10.5. The lowest BCUT2D eigenvalue weighted by molar-refractivity contribution is -0.133. The van der Waals surface area contributed by atoms with Crippen LogP contribution in [0.1, 0.15) is 40.8 Å². The molecule has 3 aromatic carbocycles. The Hall–Kier alpha value is -2.93. The van der Waals surface area contributed by atoms with Gasteiger partial charge in [0, 0.05) is 5.02 Å². The van der Waals surface area contributed by atoms with Crippen LogP contribution >= 0.6 is 11.6 Å². The van der Waals surface area contributed by atoms with Crippen molar-refractivity contribution in [3.63, 3.8) is 0 Å². The summed E-state index contributed by atoms with van der Waals surface area (Å²) >= 11 is 6.23. The van der Waals surface area contributed by atoms with E-state index in [0.717, 1.165) is 11.1 Å². The topological polar surface area (TPSA) is 74.7 Å². The van der Waals surface area contributed by atoms with E-state index < -0.39 is 28.1 Å². The van der Waals surface area contributed by atoms with E-state index in [1.165, 1.54) is 4.31 Å². The molecule has 33 heavy (non-hydrogen) atoms. The minimum Gasteiger partial charge on any atom is -0.478 e. The van der Waals surface area contributed by atoms with Gasteiger partial charge in [0.05, 0.1) is 22.6 Å². The second-order valence-corrected chi connectivity index (χ2v) is 10.4. The van der Waals surface area contributed by atoms with Crippen molar-refractivity contribution in [1.82, 2.24) is 4.31 Å². The van der Waals surface area contributed by atoms with E-state index in [1.54, 1.807) is 61.5 Å². The Bertz CT molecular complexity index is 1330. The molecule has 1 heterocycles. The van der Waals surface area contributed by atoms with E-state index in [-0.39, 0.29) is 16.9 Å². The average molecular weight is 482 g/mol. The second-order valence-electron chi connectivity index (χ2n) is 8.18. The summed E-state index contributed by atoms with van der Waals surface area (Å²) in [7, 11) is -4.09. The lowest BCUT2D eigenvalue weighted by Gasteiger charge is -2.41. The smallest absolute Gasteiger partial charge is 0.333 e. The van der Waals surface area contributed by atoms with Gasteiger partial charge in [-0.15, -0.1) is 0 Å². The van der Waals surface area contributed by atoms with Crippen molar-refractivity contribution in [2.24, 2.45) is 0 Å². The molecule has 0 amide bonds. The molecule has 2 atom stereocenters. The number of hydrogen-bond acceptors (Lipinski definition) is 3. The van der Waals surface area contributed by atoms with Crippen LogP contribution in [0.3, 0.4) is 0 Å². The number of nitrogens with zero attached hydrogens (tertiary/aromatic N) is 1. The zero-order valence-corrected chi connectivity index (χ0v) is 19.8. The molecular formula is C26H24ClNO4S. The number of rotatable bonds is 5. The summed E-state index contributed by atoms with van der Waals surface area (Å²) in [4.78, 5) is 12.4. The van der Waals surface area contributed by atoms with E-state index >= 15 is 0 Å². The van der Waals surface area contributed by atoms with Crippen molar-refractivity contribution in [1.29, 1.82) is 0 Å².